The van der Waals surface area contributed by atoms with Gasteiger partial charge in [0.1, 0.15) is 16.9 Å². The van der Waals surface area contributed by atoms with Gasteiger partial charge in [0.2, 0.25) is 5.91 Å². The van der Waals surface area contributed by atoms with E-state index in [-0.39, 0.29) is 18.4 Å². The lowest BCUT2D eigenvalue weighted by molar-refractivity contribution is -0.121. The number of halogens is 2. The monoisotopic (exact) mass is 575 g/mol. The zero-order chi connectivity index (χ0) is 28.6. The van der Waals surface area contributed by atoms with Crippen LogP contribution in [0.25, 0.3) is 0 Å². The van der Waals surface area contributed by atoms with Crippen LogP contribution in [0.1, 0.15) is 34.0 Å². The molecule has 9 heteroatoms. The van der Waals surface area contributed by atoms with Crippen molar-refractivity contribution in [1.29, 1.82) is 0 Å². The zero-order valence-corrected chi connectivity index (χ0v) is 24.0. The number of hydrogen-bond donors (Lipinski definition) is 0. The van der Waals surface area contributed by atoms with Crippen LogP contribution in [0.4, 0.5) is 11.4 Å². The van der Waals surface area contributed by atoms with E-state index in [2.05, 4.69) is 4.98 Å². The van der Waals surface area contributed by atoms with Crippen LogP contribution in [0, 0.1) is 0 Å². The molecular formula is C31H27Cl2N3O4. The van der Waals surface area contributed by atoms with Crippen LogP contribution in [0.2, 0.25) is 10.0 Å². The summed E-state index contributed by atoms with van der Waals surface area (Å²) in [4.78, 5) is 34.8. The van der Waals surface area contributed by atoms with Gasteiger partial charge in [0, 0.05) is 52.5 Å². The molecule has 2 amide bonds. The molecule has 0 bridgehead atoms. The summed E-state index contributed by atoms with van der Waals surface area (Å²) in [6.45, 7) is 2.09. The van der Waals surface area contributed by atoms with Crippen molar-refractivity contribution in [1.82, 2.24) is 4.98 Å². The molecule has 0 N–H and O–H groups in total. The fourth-order valence-electron chi connectivity index (χ4n) is 5.11. The molecule has 204 valence electrons. The Kier molecular flexibility index (Phi) is 7.45. The fourth-order valence-corrected chi connectivity index (χ4v) is 5.59. The Hall–Kier alpha value is -4.07. The Morgan fingerprint density at radius 3 is 2.50 bits per heavy atom. The maximum atomic E-state index is 14.4. The first-order chi connectivity index (χ1) is 19.2. The van der Waals surface area contributed by atoms with Crippen molar-refractivity contribution < 1.29 is 19.1 Å². The first-order valence-corrected chi connectivity index (χ1v) is 13.3. The summed E-state index contributed by atoms with van der Waals surface area (Å²) in [5.74, 6) is 0.842. The lowest BCUT2D eigenvalue weighted by Gasteiger charge is -2.28. The molecule has 1 aliphatic rings. The Labute approximate surface area is 242 Å². The Bertz CT molecular complexity index is 1610. The van der Waals surface area contributed by atoms with E-state index in [1.165, 1.54) is 11.1 Å². The van der Waals surface area contributed by atoms with Crippen molar-refractivity contribution in [2.45, 2.75) is 18.9 Å². The van der Waals surface area contributed by atoms with Crippen molar-refractivity contribution in [3.05, 3.63) is 111 Å². The highest BCUT2D eigenvalue weighted by Crippen LogP contribution is 2.50. The third-order valence-corrected chi connectivity index (χ3v) is 7.94. The average Bonchev–Trinajstić information content (AvgIpc) is 3.19. The van der Waals surface area contributed by atoms with Gasteiger partial charge in [-0.1, -0.05) is 23.2 Å². The molecule has 1 aliphatic heterocycles. The number of aromatic nitrogens is 1. The number of rotatable bonds is 7. The smallest absolute Gasteiger partial charge is 0.259 e. The highest BCUT2D eigenvalue weighted by Gasteiger charge is 2.50. The van der Waals surface area contributed by atoms with E-state index in [9.17, 15) is 9.59 Å². The maximum Gasteiger partial charge on any atom is 0.259 e. The highest BCUT2D eigenvalue weighted by molar-refractivity contribution is 6.33. The lowest BCUT2D eigenvalue weighted by atomic mass is 9.77. The quantitative estimate of drug-likeness (QED) is 0.250. The van der Waals surface area contributed by atoms with E-state index in [1.54, 1.807) is 80.9 Å². The topological polar surface area (TPSA) is 72.0 Å². The molecule has 0 fully saturated rings. The van der Waals surface area contributed by atoms with Crippen LogP contribution in [-0.2, 0) is 16.8 Å². The van der Waals surface area contributed by atoms with E-state index >= 15 is 0 Å². The molecule has 0 radical (unpaired) electrons. The minimum absolute atomic E-state index is 0.178. The summed E-state index contributed by atoms with van der Waals surface area (Å²) in [6.07, 6.45) is 3.13. The second-order valence-electron chi connectivity index (χ2n) is 9.63. The lowest BCUT2D eigenvalue weighted by Crippen LogP contribution is -2.39. The SMILES string of the molecule is COc1ccc(CN2C(=O)C(C)(c3cc(N(C)C(=O)c4cccnc4)ccc3Cl)c3cc(Cl)ccc32)c(OC)c1. The minimum atomic E-state index is -1.18. The summed E-state index contributed by atoms with van der Waals surface area (Å²) in [5, 5.41) is 0.898. The van der Waals surface area contributed by atoms with E-state index in [1.807, 2.05) is 25.1 Å². The van der Waals surface area contributed by atoms with Gasteiger partial charge in [-0.25, -0.2) is 0 Å². The number of carbonyl (C=O) groups excluding carboxylic acids is 2. The molecule has 4 aromatic rings. The number of methoxy groups -OCH3 is 2. The van der Waals surface area contributed by atoms with Crippen LogP contribution >= 0.6 is 23.2 Å². The van der Waals surface area contributed by atoms with Crippen LogP contribution in [0.5, 0.6) is 11.5 Å². The molecule has 40 heavy (non-hydrogen) atoms. The number of pyridine rings is 1. The van der Waals surface area contributed by atoms with Crippen molar-refractivity contribution in [2.75, 3.05) is 31.1 Å². The number of nitrogens with zero attached hydrogens (tertiary/aromatic N) is 3. The van der Waals surface area contributed by atoms with Crippen LogP contribution in [0.15, 0.2) is 79.1 Å². The number of benzene rings is 3. The summed E-state index contributed by atoms with van der Waals surface area (Å²) in [6, 6.07) is 19.5. The van der Waals surface area contributed by atoms with Gasteiger partial charge in [-0.15, -0.1) is 0 Å². The second kappa shape index (κ2) is 10.8. The Morgan fingerprint density at radius 2 is 1.80 bits per heavy atom. The maximum absolute atomic E-state index is 14.4. The van der Waals surface area contributed by atoms with Gasteiger partial charge in [-0.05, 0) is 78.7 Å². The predicted molar refractivity (Wildman–Crippen MR) is 157 cm³/mol. The first-order valence-electron chi connectivity index (χ1n) is 12.5. The fraction of sp³-hybridized carbons (Fsp3) is 0.194. The summed E-state index contributed by atoms with van der Waals surface area (Å²) in [5.41, 5.74) is 2.67. The van der Waals surface area contributed by atoms with E-state index in [0.717, 1.165) is 16.8 Å². The van der Waals surface area contributed by atoms with E-state index < -0.39 is 5.41 Å². The molecule has 0 saturated carbocycles. The third kappa shape index (κ3) is 4.65. The molecule has 1 unspecified atom stereocenters. The van der Waals surface area contributed by atoms with Gasteiger partial charge in [-0.3, -0.25) is 14.6 Å². The second-order valence-corrected chi connectivity index (χ2v) is 10.5. The van der Waals surface area contributed by atoms with Gasteiger partial charge in [-0.2, -0.15) is 0 Å². The molecule has 5 rings (SSSR count). The summed E-state index contributed by atoms with van der Waals surface area (Å²) in [7, 11) is 4.84. The summed E-state index contributed by atoms with van der Waals surface area (Å²) < 4.78 is 10.9. The largest absolute Gasteiger partial charge is 0.497 e. The van der Waals surface area contributed by atoms with Gasteiger partial charge in [0.15, 0.2) is 0 Å². The van der Waals surface area contributed by atoms with E-state index in [0.29, 0.717) is 38.4 Å². The van der Waals surface area contributed by atoms with Crippen molar-refractivity contribution in [3.8, 4) is 11.5 Å². The first kappa shape index (κ1) is 27.5. The summed E-state index contributed by atoms with van der Waals surface area (Å²) >= 11 is 13.2. The van der Waals surface area contributed by atoms with Crippen molar-refractivity contribution >= 4 is 46.4 Å². The van der Waals surface area contributed by atoms with Gasteiger partial charge in [0.05, 0.1) is 26.3 Å². The zero-order valence-electron chi connectivity index (χ0n) is 22.4. The highest BCUT2D eigenvalue weighted by atomic mass is 35.5. The molecule has 0 aliphatic carbocycles. The number of ether oxygens (including phenoxy) is 2. The van der Waals surface area contributed by atoms with Crippen LogP contribution in [-0.4, -0.2) is 38.1 Å². The van der Waals surface area contributed by atoms with Crippen LogP contribution < -0.4 is 19.3 Å². The minimum Gasteiger partial charge on any atom is -0.497 e. The number of fused-ring (bicyclic) bond motifs is 1. The molecule has 2 heterocycles. The molecule has 7 nitrogen and oxygen atoms in total. The number of hydrogen-bond acceptors (Lipinski definition) is 5. The molecule has 1 atom stereocenters. The van der Waals surface area contributed by atoms with Crippen LogP contribution in [0.3, 0.4) is 0 Å². The number of anilines is 2. The Balaban J connectivity index is 1.59. The van der Waals surface area contributed by atoms with Crippen molar-refractivity contribution in [3.63, 3.8) is 0 Å². The molecule has 3 aromatic carbocycles. The molecule has 1 aromatic heterocycles. The number of carbonyl (C=O) groups is 2. The van der Waals surface area contributed by atoms with E-state index in [4.69, 9.17) is 32.7 Å². The third-order valence-electron chi connectivity index (χ3n) is 7.37. The normalized spacial score (nSPS) is 16.1. The van der Waals surface area contributed by atoms with Crippen molar-refractivity contribution in [2.24, 2.45) is 0 Å². The van der Waals surface area contributed by atoms with Gasteiger partial charge >= 0.3 is 0 Å². The number of amides is 2. The van der Waals surface area contributed by atoms with Gasteiger partial charge < -0.3 is 19.3 Å². The predicted octanol–water partition coefficient (Wildman–Crippen LogP) is 6.54. The molecule has 0 saturated heterocycles. The Morgan fingerprint density at radius 1 is 1.00 bits per heavy atom. The average molecular weight is 576 g/mol. The molecular weight excluding hydrogens is 549 g/mol. The standard InChI is InChI=1S/C31H27Cl2N3O4/c1-31(24-15-22(9-11-26(24)33)35(2)29(37)19-6-5-13-34-17-19)25-14-21(32)8-12-27(25)36(30(31)38)18-20-7-10-23(39-3)16-28(20)40-4/h5-17H,18H2,1-4H3. The van der Waals surface area contributed by atoms with Gasteiger partial charge in [0.25, 0.3) is 5.91 Å². The molecule has 0 spiro atoms.